The summed E-state index contributed by atoms with van der Waals surface area (Å²) in [4.78, 5) is 10.4. The summed E-state index contributed by atoms with van der Waals surface area (Å²) in [6, 6.07) is 4.36. The van der Waals surface area contributed by atoms with Gasteiger partial charge in [0.2, 0.25) is 5.82 Å². The lowest BCUT2D eigenvalue weighted by atomic mass is 10.2. The van der Waals surface area contributed by atoms with E-state index in [0.717, 1.165) is 0 Å². The smallest absolute Gasteiger partial charge is 0.300 e. The summed E-state index contributed by atoms with van der Waals surface area (Å²) in [5.74, 6) is 0.120. The maximum absolute atomic E-state index is 10.9. The van der Waals surface area contributed by atoms with E-state index in [1.807, 2.05) is 0 Å². The van der Waals surface area contributed by atoms with Crippen molar-refractivity contribution >= 4 is 28.8 Å². The summed E-state index contributed by atoms with van der Waals surface area (Å²) in [5.41, 5.74) is 5.69. The Morgan fingerprint density at radius 1 is 1.57 bits per heavy atom. The molecule has 1 aromatic carbocycles. The quantitative estimate of drug-likeness (QED) is 0.612. The highest BCUT2D eigenvalue weighted by molar-refractivity contribution is 6.30. The van der Waals surface area contributed by atoms with Crippen molar-refractivity contribution in [3.8, 4) is 5.88 Å². The average molecular weight is 314 g/mol. The summed E-state index contributed by atoms with van der Waals surface area (Å²) in [6.07, 6.45) is -0.366. The molecule has 0 saturated heterocycles. The van der Waals surface area contributed by atoms with Gasteiger partial charge in [0.25, 0.3) is 5.69 Å². The number of aromatic nitrogens is 2. The Bertz CT molecular complexity index is 647. The van der Waals surface area contributed by atoms with Crippen molar-refractivity contribution in [3.05, 3.63) is 33.3 Å². The van der Waals surface area contributed by atoms with Crippen LogP contribution in [0.15, 0.2) is 22.8 Å². The number of halogens is 1. The molecule has 1 aromatic heterocycles. The minimum absolute atomic E-state index is 0.0410. The van der Waals surface area contributed by atoms with Crippen molar-refractivity contribution in [3.63, 3.8) is 0 Å². The second-order valence-corrected chi connectivity index (χ2v) is 4.62. The molecular weight excluding hydrogens is 302 g/mol. The number of nitrogens with two attached hydrogens (primary N) is 1. The predicted octanol–water partition coefficient (Wildman–Crippen LogP) is 2.09. The highest BCUT2D eigenvalue weighted by atomic mass is 35.5. The summed E-state index contributed by atoms with van der Waals surface area (Å²) >= 11 is 5.74. The molecule has 0 aliphatic heterocycles. The van der Waals surface area contributed by atoms with E-state index in [1.54, 1.807) is 13.0 Å². The monoisotopic (exact) mass is 313 g/mol. The molecule has 0 aliphatic rings. The number of anilines is 2. The van der Waals surface area contributed by atoms with Crippen LogP contribution in [0.2, 0.25) is 5.02 Å². The molecule has 9 nitrogen and oxygen atoms in total. The van der Waals surface area contributed by atoms with Gasteiger partial charge in [-0.25, -0.2) is 4.63 Å². The highest BCUT2D eigenvalue weighted by Gasteiger charge is 2.16. The first-order valence-corrected chi connectivity index (χ1v) is 6.27. The molecule has 112 valence electrons. The molecule has 0 radical (unpaired) electrons. The van der Waals surface area contributed by atoms with Crippen molar-refractivity contribution < 1.29 is 14.3 Å². The van der Waals surface area contributed by atoms with E-state index in [9.17, 15) is 10.1 Å². The topological polar surface area (TPSA) is 129 Å². The van der Waals surface area contributed by atoms with Gasteiger partial charge in [-0.05, 0) is 29.4 Å². The van der Waals surface area contributed by atoms with E-state index in [4.69, 9.17) is 22.1 Å². The normalized spacial score (nSPS) is 11.9. The van der Waals surface area contributed by atoms with E-state index < -0.39 is 4.92 Å². The summed E-state index contributed by atoms with van der Waals surface area (Å²) in [5, 5.41) is 21.0. The fourth-order valence-electron chi connectivity index (χ4n) is 1.56. The van der Waals surface area contributed by atoms with Crippen LogP contribution in [0.5, 0.6) is 5.88 Å². The van der Waals surface area contributed by atoms with Crippen LogP contribution in [0.25, 0.3) is 0 Å². The van der Waals surface area contributed by atoms with Crippen molar-refractivity contribution in [1.29, 1.82) is 0 Å². The minimum Gasteiger partial charge on any atom is -0.468 e. The maximum Gasteiger partial charge on any atom is 0.300 e. The number of nitrogens with zero attached hydrogens (tertiary/aromatic N) is 3. The van der Waals surface area contributed by atoms with Gasteiger partial charge < -0.3 is 15.8 Å². The highest BCUT2D eigenvalue weighted by Crippen LogP contribution is 2.27. The Morgan fingerprint density at radius 3 is 2.95 bits per heavy atom. The molecule has 3 N–H and O–H groups in total. The number of nitro groups is 1. The zero-order valence-electron chi connectivity index (χ0n) is 10.9. The first kappa shape index (κ1) is 14.9. The summed E-state index contributed by atoms with van der Waals surface area (Å²) < 4.78 is 9.78. The van der Waals surface area contributed by atoms with Gasteiger partial charge in [0.1, 0.15) is 11.8 Å². The van der Waals surface area contributed by atoms with E-state index in [-0.39, 0.29) is 35.1 Å². The van der Waals surface area contributed by atoms with E-state index in [2.05, 4.69) is 20.3 Å². The zero-order chi connectivity index (χ0) is 15.4. The van der Waals surface area contributed by atoms with Gasteiger partial charge in [-0.2, -0.15) is 0 Å². The number of ether oxygens (including phenoxy) is 1. The first-order valence-electron chi connectivity index (χ1n) is 5.90. The van der Waals surface area contributed by atoms with Crippen LogP contribution in [-0.4, -0.2) is 27.9 Å². The second kappa shape index (κ2) is 6.27. The molecule has 0 bridgehead atoms. The molecule has 21 heavy (non-hydrogen) atoms. The predicted molar refractivity (Wildman–Crippen MR) is 75.4 cm³/mol. The number of nitrogen functional groups attached to an aromatic ring is 1. The summed E-state index contributed by atoms with van der Waals surface area (Å²) in [6.45, 7) is 2.03. The number of benzene rings is 1. The number of nitrogens with one attached hydrogen (secondary N) is 1. The molecule has 0 spiro atoms. The van der Waals surface area contributed by atoms with Crippen LogP contribution in [0.3, 0.4) is 0 Å². The van der Waals surface area contributed by atoms with Gasteiger partial charge >= 0.3 is 5.88 Å². The third-order valence-corrected chi connectivity index (χ3v) is 2.77. The van der Waals surface area contributed by atoms with Crippen LogP contribution >= 0.6 is 11.6 Å². The number of rotatable bonds is 6. The molecule has 0 saturated carbocycles. The van der Waals surface area contributed by atoms with Crippen molar-refractivity contribution in [2.45, 2.75) is 13.0 Å². The van der Waals surface area contributed by atoms with Gasteiger partial charge in [0.05, 0.1) is 11.5 Å². The van der Waals surface area contributed by atoms with Gasteiger partial charge in [0, 0.05) is 11.1 Å². The van der Waals surface area contributed by atoms with Gasteiger partial charge in [-0.1, -0.05) is 11.6 Å². The van der Waals surface area contributed by atoms with Crippen molar-refractivity contribution in [2.24, 2.45) is 0 Å². The van der Waals surface area contributed by atoms with Gasteiger partial charge in [-0.3, -0.25) is 10.1 Å². The largest absolute Gasteiger partial charge is 0.468 e. The molecular formula is C11H12ClN5O4. The fourth-order valence-corrected chi connectivity index (χ4v) is 1.73. The standard InChI is InChI=1S/C11H12ClN5O4/c1-6(20-11-10(13)15-21-16-11)5-14-8-3-2-7(12)4-9(8)17(18)19/h2-4,6,14H,5H2,1H3,(H2,13,15). The lowest BCUT2D eigenvalue weighted by Crippen LogP contribution is -2.23. The second-order valence-electron chi connectivity index (χ2n) is 4.18. The van der Waals surface area contributed by atoms with E-state index in [1.165, 1.54) is 12.1 Å². The molecule has 2 aromatic rings. The van der Waals surface area contributed by atoms with E-state index in [0.29, 0.717) is 5.69 Å². The van der Waals surface area contributed by atoms with Gasteiger partial charge in [0.15, 0.2) is 0 Å². The lowest BCUT2D eigenvalue weighted by Gasteiger charge is -2.14. The van der Waals surface area contributed by atoms with Crippen LogP contribution in [0, 0.1) is 10.1 Å². The molecule has 0 aliphatic carbocycles. The fraction of sp³-hybridized carbons (Fsp3) is 0.273. The average Bonchev–Trinajstić information content (AvgIpc) is 2.82. The number of hydrogen-bond donors (Lipinski definition) is 2. The molecule has 10 heteroatoms. The Balaban J connectivity index is 2.00. The molecule has 0 amide bonds. The molecule has 1 heterocycles. The van der Waals surface area contributed by atoms with E-state index >= 15 is 0 Å². The Kier molecular flexibility index (Phi) is 4.43. The van der Waals surface area contributed by atoms with Gasteiger partial charge in [-0.15, -0.1) is 0 Å². The third-order valence-electron chi connectivity index (χ3n) is 2.53. The van der Waals surface area contributed by atoms with Crippen LogP contribution in [-0.2, 0) is 0 Å². The summed E-state index contributed by atoms with van der Waals surface area (Å²) in [7, 11) is 0. The molecule has 1 atom stereocenters. The Morgan fingerprint density at radius 2 is 2.33 bits per heavy atom. The molecule has 2 rings (SSSR count). The molecule has 1 unspecified atom stereocenters. The zero-order valence-corrected chi connectivity index (χ0v) is 11.7. The first-order chi connectivity index (χ1) is 9.97. The van der Waals surface area contributed by atoms with Crippen molar-refractivity contribution in [1.82, 2.24) is 10.3 Å². The maximum atomic E-state index is 10.9. The Hall–Kier alpha value is -2.55. The SMILES string of the molecule is CC(CNc1ccc(Cl)cc1[N+](=O)[O-])Oc1nonc1N. The van der Waals surface area contributed by atoms with Crippen LogP contribution in [0.4, 0.5) is 17.2 Å². The molecule has 0 fully saturated rings. The number of hydrogen-bond acceptors (Lipinski definition) is 8. The third kappa shape index (κ3) is 3.72. The van der Waals surface area contributed by atoms with Crippen LogP contribution < -0.4 is 15.8 Å². The minimum atomic E-state index is -0.515. The number of nitro benzene ring substituents is 1. The van der Waals surface area contributed by atoms with Crippen molar-refractivity contribution in [2.75, 3.05) is 17.6 Å². The van der Waals surface area contributed by atoms with Crippen LogP contribution in [0.1, 0.15) is 6.92 Å². The lowest BCUT2D eigenvalue weighted by molar-refractivity contribution is -0.383. The Labute approximate surface area is 124 Å².